The van der Waals surface area contributed by atoms with E-state index in [0.29, 0.717) is 24.3 Å². The molecule has 0 heterocycles. The van der Waals surface area contributed by atoms with Crippen molar-refractivity contribution in [1.29, 1.82) is 0 Å². The monoisotopic (exact) mass is 328 g/mol. The maximum atomic E-state index is 12.0. The summed E-state index contributed by atoms with van der Waals surface area (Å²) < 4.78 is 25.2. The Kier molecular flexibility index (Phi) is 6.07. The quantitative estimate of drug-likeness (QED) is 0.785. The molecule has 2 N–H and O–H groups in total. The zero-order valence-electron chi connectivity index (χ0n) is 12.8. The van der Waals surface area contributed by atoms with E-state index in [4.69, 9.17) is 5.11 Å². The maximum Gasteiger partial charge on any atom is 0.335 e. The van der Waals surface area contributed by atoms with Gasteiger partial charge < -0.3 is 10.4 Å². The predicted molar refractivity (Wildman–Crippen MR) is 83.5 cm³/mol. The number of hydrogen-bond acceptors (Lipinski definition) is 4. The van der Waals surface area contributed by atoms with Gasteiger partial charge in [-0.1, -0.05) is 13.8 Å². The average Bonchev–Trinajstić information content (AvgIpc) is 2.38. The highest BCUT2D eigenvalue weighted by Gasteiger charge is 2.22. The van der Waals surface area contributed by atoms with E-state index in [1.54, 1.807) is 20.8 Å². The molecule has 1 aromatic rings. The molecule has 0 aliphatic carbocycles. The molecule has 1 amide bonds. The van der Waals surface area contributed by atoms with Crippen LogP contribution in [0.3, 0.4) is 0 Å². The van der Waals surface area contributed by atoms with Gasteiger partial charge in [0.05, 0.1) is 5.56 Å². The number of carboxylic acid groups (broad SMARTS) is 1. The summed E-state index contributed by atoms with van der Waals surface area (Å²) in [6.07, 6.45) is 0. The van der Waals surface area contributed by atoms with Gasteiger partial charge in [-0.05, 0) is 30.7 Å². The van der Waals surface area contributed by atoms with Crippen molar-refractivity contribution in [1.82, 2.24) is 4.31 Å². The largest absolute Gasteiger partial charge is 0.478 e. The Hall–Kier alpha value is -1.93. The summed E-state index contributed by atoms with van der Waals surface area (Å²) in [5.74, 6) is -2.36. The van der Waals surface area contributed by atoms with Crippen LogP contribution in [-0.2, 0) is 14.8 Å². The fraction of sp³-hybridized carbons (Fsp3) is 0.429. The first-order chi connectivity index (χ1) is 10.2. The number of sulfonamides is 1. The first-order valence-corrected chi connectivity index (χ1v) is 8.43. The summed E-state index contributed by atoms with van der Waals surface area (Å²) in [4.78, 5) is 22.8. The summed E-state index contributed by atoms with van der Waals surface area (Å²) in [6.45, 7) is 5.61. The van der Waals surface area contributed by atoms with Gasteiger partial charge in [0.1, 0.15) is 5.75 Å². The predicted octanol–water partition coefficient (Wildman–Crippen LogP) is 1.30. The Morgan fingerprint density at radius 2 is 1.82 bits per heavy atom. The van der Waals surface area contributed by atoms with Crippen LogP contribution in [0.4, 0.5) is 5.69 Å². The number of amides is 1. The van der Waals surface area contributed by atoms with Gasteiger partial charge in [-0.25, -0.2) is 17.5 Å². The number of hydrogen-bond donors (Lipinski definition) is 2. The fourth-order valence-corrected chi connectivity index (χ4v) is 3.43. The fourth-order valence-electron chi connectivity index (χ4n) is 2.05. The van der Waals surface area contributed by atoms with Crippen LogP contribution in [0, 0.1) is 6.92 Å². The Morgan fingerprint density at radius 3 is 2.27 bits per heavy atom. The third-order valence-electron chi connectivity index (χ3n) is 3.15. The van der Waals surface area contributed by atoms with E-state index in [0.717, 1.165) is 0 Å². The van der Waals surface area contributed by atoms with Gasteiger partial charge in [0, 0.05) is 18.8 Å². The highest BCUT2D eigenvalue weighted by molar-refractivity contribution is 7.89. The second-order valence-corrected chi connectivity index (χ2v) is 6.69. The lowest BCUT2D eigenvalue weighted by atomic mass is 10.1. The minimum Gasteiger partial charge on any atom is -0.478 e. The van der Waals surface area contributed by atoms with Crippen molar-refractivity contribution in [3.8, 4) is 0 Å². The molecular formula is C14H20N2O5S. The van der Waals surface area contributed by atoms with Crippen LogP contribution in [0.1, 0.15) is 29.8 Å². The number of aryl methyl sites for hydroxylation is 1. The van der Waals surface area contributed by atoms with Crippen molar-refractivity contribution < 1.29 is 23.1 Å². The van der Waals surface area contributed by atoms with Crippen LogP contribution < -0.4 is 5.32 Å². The standard InChI is InChI=1S/C14H20N2O5S/c1-4-16(5-2)22(20,21)9-13(17)15-11-6-7-12(14(18)19)10(3)8-11/h6-8H,4-5,9H2,1-3H3,(H,15,17)(H,18,19). The van der Waals surface area contributed by atoms with Crippen LogP contribution in [-0.4, -0.2) is 48.5 Å². The van der Waals surface area contributed by atoms with Gasteiger partial charge in [0.15, 0.2) is 0 Å². The van der Waals surface area contributed by atoms with E-state index in [2.05, 4.69) is 5.32 Å². The molecule has 0 radical (unpaired) electrons. The topological polar surface area (TPSA) is 104 Å². The van der Waals surface area contributed by atoms with Crippen molar-refractivity contribution in [2.75, 3.05) is 24.2 Å². The van der Waals surface area contributed by atoms with Crippen molar-refractivity contribution >= 4 is 27.6 Å². The van der Waals surface area contributed by atoms with E-state index < -0.39 is 27.7 Å². The number of anilines is 1. The van der Waals surface area contributed by atoms with Crippen molar-refractivity contribution in [2.24, 2.45) is 0 Å². The van der Waals surface area contributed by atoms with Gasteiger partial charge in [0.2, 0.25) is 15.9 Å². The Balaban J connectivity index is 2.82. The van der Waals surface area contributed by atoms with E-state index in [9.17, 15) is 18.0 Å². The molecule has 1 aromatic carbocycles. The number of rotatable bonds is 7. The van der Waals surface area contributed by atoms with Crippen LogP contribution in [0.25, 0.3) is 0 Å². The Labute approximate surface area is 130 Å². The lowest BCUT2D eigenvalue weighted by Gasteiger charge is -2.18. The van der Waals surface area contributed by atoms with Crippen LogP contribution in [0.2, 0.25) is 0 Å². The molecule has 22 heavy (non-hydrogen) atoms. The lowest BCUT2D eigenvalue weighted by Crippen LogP contribution is -2.36. The molecule has 0 spiro atoms. The summed E-state index contributed by atoms with van der Waals surface area (Å²) >= 11 is 0. The SMILES string of the molecule is CCN(CC)S(=O)(=O)CC(=O)Nc1ccc(C(=O)O)c(C)c1. The van der Waals surface area contributed by atoms with Crippen molar-refractivity contribution in [3.05, 3.63) is 29.3 Å². The highest BCUT2D eigenvalue weighted by Crippen LogP contribution is 2.15. The molecule has 0 aromatic heterocycles. The molecule has 0 saturated carbocycles. The summed E-state index contributed by atoms with van der Waals surface area (Å²) in [6, 6.07) is 4.29. The Morgan fingerprint density at radius 1 is 1.23 bits per heavy atom. The van der Waals surface area contributed by atoms with Gasteiger partial charge in [0.25, 0.3) is 0 Å². The molecule has 0 unspecified atom stereocenters. The molecule has 1 rings (SSSR count). The normalized spacial score (nSPS) is 11.5. The van der Waals surface area contributed by atoms with Crippen LogP contribution in [0.5, 0.6) is 0 Å². The first kappa shape index (κ1) is 18.1. The number of nitrogens with zero attached hydrogens (tertiary/aromatic N) is 1. The third kappa shape index (κ3) is 4.54. The van der Waals surface area contributed by atoms with Gasteiger partial charge in [-0.15, -0.1) is 0 Å². The molecule has 0 bridgehead atoms. The maximum absolute atomic E-state index is 12.0. The zero-order valence-corrected chi connectivity index (χ0v) is 13.6. The number of carboxylic acids is 1. The molecule has 0 aliphatic heterocycles. The summed E-state index contributed by atoms with van der Waals surface area (Å²) in [7, 11) is -3.65. The second-order valence-electron chi connectivity index (χ2n) is 4.72. The van der Waals surface area contributed by atoms with Gasteiger partial charge >= 0.3 is 5.97 Å². The van der Waals surface area contributed by atoms with Crippen molar-refractivity contribution in [2.45, 2.75) is 20.8 Å². The van der Waals surface area contributed by atoms with E-state index in [-0.39, 0.29) is 5.56 Å². The van der Waals surface area contributed by atoms with Gasteiger partial charge in [-0.3, -0.25) is 4.79 Å². The minimum absolute atomic E-state index is 0.133. The second kappa shape index (κ2) is 7.37. The number of benzene rings is 1. The van der Waals surface area contributed by atoms with Crippen molar-refractivity contribution in [3.63, 3.8) is 0 Å². The molecule has 7 nitrogen and oxygen atoms in total. The zero-order chi connectivity index (χ0) is 16.9. The van der Waals surface area contributed by atoms with E-state index in [1.165, 1.54) is 22.5 Å². The highest BCUT2D eigenvalue weighted by atomic mass is 32.2. The molecule has 0 atom stereocenters. The molecule has 8 heteroatoms. The summed E-state index contributed by atoms with van der Waals surface area (Å²) in [5, 5.41) is 11.4. The first-order valence-electron chi connectivity index (χ1n) is 6.82. The van der Waals surface area contributed by atoms with Gasteiger partial charge in [-0.2, -0.15) is 0 Å². The molecule has 0 fully saturated rings. The number of carbonyl (C=O) groups excluding carboxylic acids is 1. The molecule has 0 aliphatic rings. The minimum atomic E-state index is -3.65. The van der Waals surface area contributed by atoms with E-state index in [1.807, 2.05) is 0 Å². The van der Waals surface area contributed by atoms with Crippen LogP contribution in [0.15, 0.2) is 18.2 Å². The number of aromatic carboxylic acids is 1. The number of nitrogens with one attached hydrogen (secondary N) is 1. The molecule has 122 valence electrons. The molecule has 0 saturated heterocycles. The lowest BCUT2D eigenvalue weighted by molar-refractivity contribution is -0.113. The van der Waals surface area contributed by atoms with Crippen LogP contribution >= 0.6 is 0 Å². The smallest absolute Gasteiger partial charge is 0.335 e. The Bertz CT molecular complexity index is 666. The third-order valence-corrected chi connectivity index (χ3v) is 5.08. The van der Waals surface area contributed by atoms with E-state index >= 15 is 0 Å². The summed E-state index contributed by atoms with van der Waals surface area (Å²) in [5.41, 5.74) is 0.980. The number of carbonyl (C=O) groups is 2. The molecular weight excluding hydrogens is 308 g/mol. The average molecular weight is 328 g/mol.